The zero-order valence-electron chi connectivity index (χ0n) is 10.8. The van der Waals surface area contributed by atoms with Gasteiger partial charge in [0.2, 0.25) is 0 Å². The molecule has 0 unspecified atom stereocenters. The molecule has 4 rings (SSSR count). The molecule has 1 aliphatic rings. The number of fused-ring (bicyclic) bond motifs is 2. The first-order chi connectivity index (χ1) is 9.85. The maximum atomic E-state index is 8.93. The van der Waals surface area contributed by atoms with Gasteiger partial charge in [0.1, 0.15) is 0 Å². The first-order valence-corrected chi connectivity index (χ1v) is 6.60. The largest absolute Gasteiger partial charge is 0.384 e. The van der Waals surface area contributed by atoms with Gasteiger partial charge in [-0.2, -0.15) is 10.4 Å². The molecule has 2 heterocycles. The van der Waals surface area contributed by atoms with Gasteiger partial charge in [-0.25, -0.2) is 0 Å². The Morgan fingerprint density at radius 2 is 2.10 bits per heavy atom. The van der Waals surface area contributed by atoms with E-state index in [2.05, 4.69) is 39.8 Å². The molecule has 0 bridgehead atoms. The van der Waals surface area contributed by atoms with Crippen LogP contribution in [-0.2, 0) is 6.42 Å². The lowest BCUT2D eigenvalue weighted by Gasteiger charge is -2.03. The summed E-state index contributed by atoms with van der Waals surface area (Å²) in [4.78, 5) is 0. The van der Waals surface area contributed by atoms with E-state index in [1.807, 2.05) is 18.2 Å². The number of benzene rings is 2. The molecule has 96 valence electrons. The minimum atomic E-state index is 0.642. The second-order valence-electron chi connectivity index (χ2n) is 4.99. The van der Waals surface area contributed by atoms with Crippen LogP contribution in [0.15, 0.2) is 36.4 Å². The molecule has 0 aliphatic carbocycles. The van der Waals surface area contributed by atoms with Crippen LogP contribution in [0.3, 0.4) is 0 Å². The summed E-state index contributed by atoms with van der Waals surface area (Å²) in [5.41, 5.74) is 6.12. The van der Waals surface area contributed by atoms with Crippen molar-refractivity contribution < 1.29 is 0 Å². The molecule has 1 aliphatic heterocycles. The second-order valence-corrected chi connectivity index (χ2v) is 4.99. The van der Waals surface area contributed by atoms with Crippen molar-refractivity contribution in [3.8, 4) is 17.3 Å². The predicted molar refractivity (Wildman–Crippen MR) is 78.4 cm³/mol. The van der Waals surface area contributed by atoms with Gasteiger partial charge in [-0.3, -0.25) is 5.10 Å². The number of nitrogens with one attached hydrogen (secondary N) is 2. The maximum absolute atomic E-state index is 8.93. The monoisotopic (exact) mass is 260 g/mol. The molecule has 1 aromatic heterocycles. The van der Waals surface area contributed by atoms with Crippen LogP contribution in [0.2, 0.25) is 0 Å². The zero-order valence-corrected chi connectivity index (χ0v) is 10.8. The number of rotatable bonds is 1. The van der Waals surface area contributed by atoms with Gasteiger partial charge in [-0.05, 0) is 36.2 Å². The third-order valence-corrected chi connectivity index (χ3v) is 3.79. The Bertz CT molecular complexity index is 855. The van der Waals surface area contributed by atoms with E-state index >= 15 is 0 Å². The van der Waals surface area contributed by atoms with Crippen molar-refractivity contribution in [3.05, 3.63) is 47.5 Å². The SMILES string of the molecule is N#Cc1ccc2c(-c3ccc4c(c3)NCC4)n[nH]c2c1. The molecule has 2 aromatic carbocycles. The summed E-state index contributed by atoms with van der Waals surface area (Å²) in [5, 5.41) is 20.8. The number of aromatic amines is 1. The maximum Gasteiger partial charge on any atom is 0.1000 e. The Morgan fingerprint density at radius 1 is 1.15 bits per heavy atom. The minimum absolute atomic E-state index is 0.642. The number of aromatic nitrogens is 2. The van der Waals surface area contributed by atoms with Gasteiger partial charge in [0, 0.05) is 23.2 Å². The highest BCUT2D eigenvalue weighted by molar-refractivity contribution is 5.94. The van der Waals surface area contributed by atoms with Gasteiger partial charge in [0.05, 0.1) is 22.8 Å². The van der Waals surface area contributed by atoms with Crippen LogP contribution in [0.1, 0.15) is 11.1 Å². The van der Waals surface area contributed by atoms with Gasteiger partial charge in [0.25, 0.3) is 0 Å². The van der Waals surface area contributed by atoms with Crippen molar-refractivity contribution in [2.45, 2.75) is 6.42 Å². The van der Waals surface area contributed by atoms with Crippen LogP contribution < -0.4 is 5.32 Å². The molecular weight excluding hydrogens is 248 g/mol. The summed E-state index contributed by atoms with van der Waals surface area (Å²) in [6, 6.07) is 14.2. The van der Waals surface area contributed by atoms with E-state index in [9.17, 15) is 0 Å². The molecule has 0 fully saturated rings. The Labute approximate surface area is 116 Å². The van der Waals surface area contributed by atoms with Gasteiger partial charge in [-0.15, -0.1) is 0 Å². The van der Waals surface area contributed by atoms with E-state index in [4.69, 9.17) is 5.26 Å². The van der Waals surface area contributed by atoms with E-state index in [0.717, 1.165) is 35.1 Å². The van der Waals surface area contributed by atoms with E-state index in [-0.39, 0.29) is 0 Å². The summed E-state index contributed by atoms with van der Waals surface area (Å²) in [5.74, 6) is 0. The molecule has 0 saturated heterocycles. The quantitative estimate of drug-likeness (QED) is 0.706. The highest BCUT2D eigenvalue weighted by Crippen LogP contribution is 2.31. The van der Waals surface area contributed by atoms with Crippen LogP contribution in [0.4, 0.5) is 5.69 Å². The fraction of sp³-hybridized carbons (Fsp3) is 0.125. The van der Waals surface area contributed by atoms with Crippen LogP contribution in [0.5, 0.6) is 0 Å². The Kier molecular flexibility index (Phi) is 2.27. The van der Waals surface area contributed by atoms with Gasteiger partial charge >= 0.3 is 0 Å². The lowest BCUT2D eigenvalue weighted by Crippen LogP contribution is -1.91. The van der Waals surface area contributed by atoms with Crippen molar-refractivity contribution in [3.63, 3.8) is 0 Å². The van der Waals surface area contributed by atoms with E-state index in [0.29, 0.717) is 5.56 Å². The lowest BCUT2D eigenvalue weighted by atomic mass is 10.0. The molecule has 20 heavy (non-hydrogen) atoms. The third kappa shape index (κ3) is 1.57. The van der Waals surface area contributed by atoms with Crippen LogP contribution in [0.25, 0.3) is 22.2 Å². The van der Waals surface area contributed by atoms with Crippen molar-refractivity contribution in [2.75, 3.05) is 11.9 Å². The Morgan fingerprint density at radius 3 is 3.00 bits per heavy atom. The average molecular weight is 260 g/mol. The van der Waals surface area contributed by atoms with E-state index in [1.165, 1.54) is 11.3 Å². The third-order valence-electron chi connectivity index (χ3n) is 3.79. The van der Waals surface area contributed by atoms with E-state index < -0.39 is 0 Å². The Balaban J connectivity index is 1.88. The molecular formula is C16H12N4. The molecule has 0 radical (unpaired) electrons. The second kappa shape index (κ2) is 4.10. The van der Waals surface area contributed by atoms with Crippen LogP contribution in [0, 0.1) is 11.3 Å². The normalized spacial score (nSPS) is 12.9. The highest BCUT2D eigenvalue weighted by atomic mass is 15.1. The molecule has 0 amide bonds. The molecule has 4 nitrogen and oxygen atoms in total. The van der Waals surface area contributed by atoms with Gasteiger partial charge in [0.15, 0.2) is 0 Å². The fourth-order valence-corrected chi connectivity index (χ4v) is 2.75. The standard InChI is InChI=1S/C16H12N4/c17-9-10-1-4-13-15(7-10)19-20-16(13)12-3-2-11-5-6-18-14(11)8-12/h1-4,7-8,18H,5-6H2,(H,19,20). The molecule has 0 atom stereocenters. The fourth-order valence-electron chi connectivity index (χ4n) is 2.75. The smallest absolute Gasteiger partial charge is 0.1000 e. The summed E-state index contributed by atoms with van der Waals surface area (Å²) < 4.78 is 0. The van der Waals surface area contributed by atoms with Gasteiger partial charge < -0.3 is 5.32 Å². The van der Waals surface area contributed by atoms with Crippen LogP contribution in [-0.4, -0.2) is 16.7 Å². The number of hydrogen-bond acceptors (Lipinski definition) is 3. The number of hydrogen-bond donors (Lipinski definition) is 2. The molecule has 0 saturated carbocycles. The van der Waals surface area contributed by atoms with Crippen molar-refractivity contribution in [1.82, 2.24) is 10.2 Å². The lowest BCUT2D eigenvalue weighted by molar-refractivity contribution is 1.11. The van der Waals surface area contributed by atoms with Crippen molar-refractivity contribution in [2.24, 2.45) is 0 Å². The summed E-state index contributed by atoms with van der Waals surface area (Å²) in [6.45, 7) is 1.01. The molecule has 2 N–H and O–H groups in total. The number of nitriles is 1. The average Bonchev–Trinajstić information content (AvgIpc) is 3.11. The molecule has 4 heteroatoms. The topological polar surface area (TPSA) is 64.5 Å². The number of H-pyrrole nitrogens is 1. The van der Waals surface area contributed by atoms with Gasteiger partial charge in [-0.1, -0.05) is 12.1 Å². The molecule has 3 aromatic rings. The summed E-state index contributed by atoms with van der Waals surface area (Å²) in [7, 11) is 0. The zero-order chi connectivity index (χ0) is 13.5. The first kappa shape index (κ1) is 11.1. The van der Waals surface area contributed by atoms with Crippen molar-refractivity contribution >= 4 is 16.6 Å². The van der Waals surface area contributed by atoms with E-state index in [1.54, 1.807) is 0 Å². The number of nitrogens with zero attached hydrogens (tertiary/aromatic N) is 2. The summed E-state index contributed by atoms with van der Waals surface area (Å²) >= 11 is 0. The predicted octanol–water partition coefficient (Wildman–Crippen LogP) is 3.07. The molecule has 0 spiro atoms. The highest BCUT2D eigenvalue weighted by Gasteiger charge is 2.13. The number of anilines is 1. The van der Waals surface area contributed by atoms with Crippen molar-refractivity contribution in [1.29, 1.82) is 5.26 Å². The Hall–Kier alpha value is -2.80. The minimum Gasteiger partial charge on any atom is -0.384 e. The van der Waals surface area contributed by atoms with Crippen LogP contribution >= 0.6 is 0 Å². The summed E-state index contributed by atoms with van der Waals surface area (Å²) in [6.07, 6.45) is 1.09. The first-order valence-electron chi connectivity index (χ1n) is 6.60.